The van der Waals surface area contributed by atoms with Gasteiger partial charge in [-0.25, -0.2) is 13.1 Å². The van der Waals surface area contributed by atoms with Crippen LogP contribution in [0.2, 0.25) is 0 Å². The second-order valence-electron chi connectivity index (χ2n) is 7.99. The van der Waals surface area contributed by atoms with Gasteiger partial charge in [-0.3, -0.25) is 4.79 Å². The summed E-state index contributed by atoms with van der Waals surface area (Å²) in [5, 5.41) is 0. The van der Waals surface area contributed by atoms with Crippen LogP contribution in [0.5, 0.6) is 11.5 Å². The van der Waals surface area contributed by atoms with Crippen LogP contribution in [0.3, 0.4) is 0 Å². The maximum Gasteiger partial charge on any atom is 0.573 e. The van der Waals surface area contributed by atoms with Crippen LogP contribution in [-0.4, -0.2) is 57.1 Å². The van der Waals surface area contributed by atoms with Crippen molar-refractivity contribution in [1.29, 1.82) is 0 Å². The molecule has 7 nitrogen and oxygen atoms in total. The smallest absolute Gasteiger partial charge is 0.491 e. The lowest BCUT2D eigenvalue weighted by Crippen LogP contribution is -2.35. The molecule has 0 saturated heterocycles. The number of amides is 1. The Labute approximate surface area is 189 Å². The molecule has 0 bridgehead atoms. The molecule has 1 aliphatic heterocycles. The largest absolute Gasteiger partial charge is 0.573 e. The number of hydrogen-bond acceptors (Lipinski definition) is 5. The van der Waals surface area contributed by atoms with Crippen molar-refractivity contribution < 1.29 is 35.9 Å². The van der Waals surface area contributed by atoms with Crippen LogP contribution in [0.15, 0.2) is 42.5 Å². The van der Waals surface area contributed by atoms with Crippen LogP contribution in [0, 0.1) is 0 Å². The number of nitrogens with one attached hydrogen (secondary N) is 1. The van der Waals surface area contributed by atoms with Crippen LogP contribution in [0.4, 0.5) is 13.2 Å². The van der Waals surface area contributed by atoms with Crippen LogP contribution >= 0.6 is 0 Å². The number of alkyl halides is 3. The molecule has 1 heterocycles. The third-order valence-corrected chi connectivity index (χ3v) is 6.82. The van der Waals surface area contributed by atoms with E-state index in [2.05, 4.69) is 9.46 Å². The summed E-state index contributed by atoms with van der Waals surface area (Å²) < 4.78 is 73.4. The van der Waals surface area contributed by atoms with Gasteiger partial charge in [-0.2, -0.15) is 0 Å². The molecule has 1 aliphatic carbocycles. The van der Waals surface area contributed by atoms with E-state index in [0.717, 1.165) is 12.8 Å². The van der Waals surface area contributed by atoms with E-state index in [-0.39, 0.29) is 36.6 Å². The molecule has 1 amide bonds. The van der Waals surface area contributed by atoms with Crippen molar-refractivity contribution in [1.82, 2.24) is 9.62 Å². The van der Waals surface area contributed by atoms with Crippen LogP contribution < -0.4 is 14.2 Å². The lowest BCUT2D eigenvalue weighted by Gasteiger charge is -2.20. The van der Waals surface area contributed by atoms with Gasteiger partial charge >= 0.3 is 6.36 Å². The highest BCUT2D eigenvalue weighted by atomic mass is 32.2. The first-order valence-electron chi connectivity index (χ1n) is 10.5. The highest BCUT2D eigenvalue weighted by Crippen LogP contribution is 2.31. The maximum atomic E-state index is 13.1. The van der Waals surface area contributed by atoms with E-state index in [1.807, 2.05) is 0 Å². The zero-order chi connectivity index (χ0) is 23.6. The first-order valence-corrected chi connectivity index (χ1v) is 12.2. The molecule has 0 unspecified atom stereocenters. The highest BCUT2D eigenvalue weighted by molar-refractivity contribution is 7.89. The summed E-state index contributed by atoms with van der Waals surface area (Å²) in [4.78, 5) is 14.7. The Morgan fingerprint density at radius 1 is 1.09 bits per heavy atom. The van der Waals surface area contributed by atoms with Crippen LogP contribution in [0.25, 0.3) is 11.1 Å². The molecule has 2 aliphatic rings. The fourth-order valence-electron chi connectivity index (χ4n) is 3.56. The zero-order valence-corrected chi connectivity index (χ0v) is 18.4. The van der Waals surface area contributed by atoms with E-state index in [0.29, 0.717) is 35.4 Å². The SMILES string of the molecule is O=C1c2cc(-c3ccc(OC(F)(F)F)cc3)ccc2OCCN1CCCS(=O)(=O)NC1CC1. The maximum absolute atomic E-state index is 13.1. The number of rotatable bonds is 8. The summed E-state index contributed by atoms with van der Waals surface area (Å²) >= 11 is 0. The van der Waals surface area contributed by atoms with Crippen molar-refractivity contribution in [2.24, 2.45) is 0 Å². The Morgan fingerprint density at radius 2 is 1.79 bits per heavy atom. The molecule has 33 heavy (non-hydrogen) atoms. The lowest BCUT2D eigenvalue weighted by atomic mass is 10.0. The molecule has 1 fully saturated rings. The molecule has 1 saturated carbocycles. The molecule has 11 heteroatoms. The quantitative estimate of drug-likeness (QED) is 0.620. The predicted octanol–water partition coefficient (Wildman–Crippen LogP) is 3.56. The van der Waals surface area contributed by atoms with Crippen molar-refractivity contribution >= 4 is 15.9 Å². The number of sulfonamides is 1. The number of fused-ring (bicyclic) bond motifs is 1. The van der Waals surface area contributed by atoms with E-state index in [4.69, 9.17) is 4.74 Å². The van der Waals surface area contributed by atoms with Crippen LogP contribution in [-0.2, 0) is 10.0 Å². The molecule has 0 radical (unpaired) electrons. The number of halogens is 3. The Morgan fingerprint density at radius 3 is 2.45 bits per heavy atom. The fraction of sp³-hybridized carbons (Fsp3) is 0.409. The first-order chi connectivity index (χ1) is 15.6. The number of benzene rings is 2. The van der Waals surface area contributed by atoms with Gasteiger partial charge in [0.1, 0.15) is 18.1 Å². The molecular formula is C22H23F3N2O5S. The first kappa shape index (κ1) is 23.4. The van der Waals surface area contributed by atoms with E-state index in [1.165, 1.54) is 24.3 Å². The Balaban J connectivity index is 1.45. The highest BCUT2D eigenvalue weighted by Gasteiger charge is 2.31. The topological polar surface area (TPSA) is 84.9 Å². The van der Waals surface area contributed by atoms with Gasteiger partial charge in [-0.15, -0.1) is 13.2 Å². The lowest BCUT2D eigenvalue weighted by molar-refractivity contribution is -0.274. The van der Waals surface area contributed by atoms with Gasteiger partial charge in [0.25, 0.3) is 5.91 Å². The predicted molar refractivity (Wildman–Crippen MR) is 115 cm³/mol. The van der Waals surface area contributed by atoms with Gasteiger partial charge in [-0.1, -0.05) is 18.2 Å². The normalized spacial score (nSPS) is 16.7. The summed E-state index contributed by atoms with van der Waals surface area (Å²) in [5.41, 5.74) is 1.55. The van der Waals surface area contributed by atoms with Crippen molar-refractivity contribution in [2.45, 2.75) is 31.7 Å². The molecule has 2 aromatic carbocycles. The van der Waals surface area contributed by atoms with Gasteiger partial charge in [0.15, 0.2) is 0 Å². The molecule has 0 atom stereocenters. The zero-order valence-electron chi connectivity index (χ0n) is 17.6. The standard InChI is InChI=1S/C22H23F3N2O5S/c23-22(24,25)32-18-7-2-15(3-8-18)16-4-9-20-19(14-16)21(28)27(11-12-31-20)10-1-13-33(29,30)26-17-5-6-17/h2-4,7-9,14,17,26H,1,5-6,10-13H2. The Kier molecular flexibility index (Phi) is 6.53. The van der Waals surface area contributed by atoms with Gasteiger partial charge in [-0.05, 0) is 54.7 Å². The summed E-state index contributed by atoms with van der Waals surface area (Å²) in [6.07, 6.45) is -2.76. The average Bonchev–Trinajstić information content (AvgIpc) is 3.56. The summed E-state index contributed by atoms with van der Waals surface area (Å²) in [6, 6.07) is 10.4. The number of carbonyl (C=O) groups excluding carboxylic acids is 1. The fourth-order valence-corrected chi connectivity index (χ4v) is 4.93. The Bertz CT molecular complexity index is 1120. The Hall–Kier alpha value is -2.79. The number of hydrogen-bond donors (Lipinski definition) is 1. The summed E-state index contributed by atoms with van der Waals surface area (Å²) in [5.74, 6) is -0.272. The van der Waals surface area contributed by atoms with Gasteiger partial charge in [0.2, 0.25) is 10.0 Å². The van der Waals surface area contributed by atoms with Crippen molar-refractivity contribution in [2.75, 3.05) is 25.4 Å². The van der Waals surface area contributed by atoms with E-state index in [1.54, 1.807) is 23.1 Å². The number of ether oxygens (including phenoxy) is 2. The summed E-state index contributed by atoms with van der Waals surface area (Å²) in [7, 11) is -3.36. The minimum atomic E-state index is -4.77. The second kappa shape index (κ2) is 9.22. The number of carbonyl (C=O) groups is 1. The molecule has 178 valence electrons. The van der Waals surface area contributed by atoms with E-state index < -0.39 is 16.4 Å². The number of nitrogens with zero attached hydrogens (tertiary/aromatic N) is 1. The third kappa shape index (κ3) is 6.38. The molecular weight excluding hydrogens is 461 g/mol. The average molecular weight is 484 g/mol. The molecule has 1 N–H and O–H groups in total. The van der Waals surface area contributed by atoms with Crippen molar-refractivity contribution in [3.63, 3.8) is 0 Å². The minimum absolute atomic E-state index is 0.0441. The molecule has 4 rings (SSSR count). The van der Waals surface area contributed by atoms with E-state index in [9.17, 15) is 26.4 Å². The molecule has 2 aromatic rings. The van der Waals surface area contributed by atoms with Crippen LogP contribution in [0.1, 0.15) is 29.6 Å². The second-order valence-corrected chi connectivity index (χ2v) is 9.86. The van der Waals surface area contributed by atoms with Gasteiger partial charge in [0.05, 0.1) is 17.9 Å². The molecule has 0 aromatic heterocycles. The van der Waals surface area contributed by atoms with E-state index >= 15 is 0 Å². The van der Waals surface area contributed by atoms with Crippen molar-refractivity contribution in [3.8, 4) is 22.6 Å². The van der Waals surface area contributed by atoms with Gasteiger partial charge < -0.3 is 14.4 Å². The molecule has 0 spiro atoms. The van der Waals surface area contributed by atoms with Gasteiger partial charge in [0, 0.05) is 12.6 Å². The monoisotopic (exact) mass is 484 g/mol. The minimum Gasteiger partial charge on any atom is -0.491 e. The summed E-state index contributed by atoms with van der Waals surface area (Å²) in [6.45, 7) is 0.859. The third-order valence-electron chi connectivity index (χ3n) is 5.30. The van der Waals surface area contributed by atoms with Crippen molar-refractivity contribution in [3.05, 3.63) is 48.0 Å².